The maximum absolute atomic E-state index is 11.2. The minimum absolute atomic E-state index is 0.0379. The SMILES string of the molecule is N#CC(=C\C=C1/[Se]c2ccccc2N1CCOC=O)/C=C/c1[se]c2ccccc2[n+]1CCC(=O)O. The van der Waals surface area contributed by atoms with Crippen LogP contribution in [0.3, 0.4) is 0 Å². The number of hydrogen-bond donors (Lipinski definition) is 1. The molecule has 0 radical (unpaired) electrons. The molecule has 3 aromatic rings. The number of fused-ring (bicyclic) bond motifs is 2. The Balaban J connectivity index is 1.60. The van der Waals surface area contributed by atoms with Crippen molar-refractivity contribution in [2.45, 2.75) is 13.0 Å². The molecule has 1 aliphatic heterocycles. The molecule has 0 saturated heterocycles. The van der Waals surface area contributed by atoms with Gasteiger partial charge in [0, 0.05) is 0 Å². The fourth-order valence-corrected chi connectivity index (χ4v) is 8.24. The summed E-state index contributed by atoms with van der Waals surface area (Å²) >= 11 is 0.118. The van der Waals surface area contributed by atoms with E-state index in [1.54, 1.807) is 6.08 Å². The van der Waals surface area contributed by atoms with Gasteiger partial charge in [-0.25, -0.2) is 0 Å². The molecule has 7 nitrogen and oxygen atoms in total. The minimum atomic E-state index is -0.836. The van der Waals surface area contributed by atoms with Gasteiger partial charge in [0.1, 0.15) is 0 Å². The summed E-state index contributed by atoms with van der Waals surface area (Å²) in [5.41, 5.74) is 2.65. The first kappa shape index (κ1) is 24.7. The predicted molar refractivity (Wildman–Crippen MR) is 135 cm³/mol. The second-order valence-electron chi connectivity index (χ2n) is 7.46. The van der Waals surface area contributed by atoms with Crippen LogP contribution in [0.2, 0.25) is 0 Å². The zero-order valence-electron chi connectivity index (χ0n) is 18.7. The van der Waals surface area contributed by atoms with Gasteiger partial charge in [0.25, 0.3) is 0 Å². The fourth-order valence-electron chi connectivity index (χ4n) is 3.67. The van der Waals surface area contributed by atoms with Crippen LogP contribution in [-0.4, -0.2) is 60.2 Å². The number of rotatable bonds is 10. The van der Waals surface area contributed by atoms with Gasteiger partial charge < -0.3 is 0 Å². The van der Waals surface area contributed by atoms with E-state index in [-0.39, 0.29) is 42.5 Å². The molecule has 176 valence electrons. The van der Waals surface area contributed by atoms with Crippen molar-refractivity contribution in [2.24, 2.45) is 0 Å². The summed E-state index contributed by atoms with van der Waals surface area (Å²) in [6.45, 7) is 1.68. The number of nitriles is 1. The van der Waals surface area contributed by atoms with E-state index in [0.29, 0.717) is 25.1 Å². The number of allylic oxidation sites excluding steroid dienone is 4. The molecule has 0 saturated carbocycles. The van der Waals surface area contributed by atoms with Crippen LogP contribution in [0.5, 0.6) is 0 Å². The fraction of sp³-hybridized carbons (Fsp3) is 0.154. The Labute approximate surface area is 215 Å². The molecule has 0 unspecified atom stereocenters. The van der Waals surface area contributed by atoms with Gasteiger partial charge in [-0.15, -0.1) is 0 Å². The number of ether oxygens (including phenoxy) is 1. The second-order valence-corrected chi connectivity index (χ2v) is 11.9. The summed E-state index contributed by atoms with van der Waals surface area (Å²) in [5.74, 6) is -0.836. The third-order valence-corrected chi connectivity index (χ3v) is 10.0. The van der Waals surface area contributed by atoms with Crippen molar-refractivity contribution in [3.05, 3.63) is 81.5 Å². The first-order valence-electron chi connectivity index (χ1n) is 10.8. The number of carbonyl (C=O) groups excluding carboxylic acids is 1. The molecule has 4 rings (SSSR count). The standard InChI is InChI=1S/C26H21N3O4Se2/c27-17-19(9-11-24-28(14-13-26(31)32)20-5-1-3-7-22(20)34-24)10-12-25-29(15-16-33-18-30)21-6-2-4-8-23(21)35-25/h1-12,18H,13-16H2/p+1. The molecule has 1 aromatic heterocycles. The number of nitrogens with zero attached hydrogens (tertiary/aromatic N) is 3. The Morgan fingerprint density at radius 2 is 2.00 bits per heavy atom. The van der Waals surface area contributed by atoms with Gasteiger partial charge in [0.15, 0.2) is 0 Å². The molecule has 0 atom stereocenters. The zero-order chi connectivity index (χ0) is 24.6. The Morgan fingerprint density at radius 1 is 1.20 bits per heavy atom. The van der Waals surface area contributed by atoms with Crippen molar-refractivity contribution in [2.75, 3.05) is 18.1 Å². The van der Waals surface area contributed by atoms with E-state index in [4.69, 9.17) is 9.84 Å². The average Bonchev–Trinajstić information content (AvgIpc) is 3.40. The van der Waals surface area contributed by atoms with Crippen molar-refractivity contribution in [1.82, 2.24) is 0 Å². The Bertz CT molecular complexity index is 1380. The summed E-state index contributed by atoms with van der Waals surface area (Å²) < 4.78 is 11.5. The monoisotopic (exact) mass is 600 g/mol. The topological polar surface area (TPSA) is 94.5 Å². The molecule has 1 aliphatic rings. The number of benzene rings is 2. The van der Waals surface area contributed by atoms with Crippen molar-refractivity contribution in [3.63, 3.8) is 0 Å². The number of aryl methyl sites for hydroxylation is 1. The van der Waals surface area contributed by atoms with Crippen molar-refractivity contribution < 1.29 is 24.0 Å². The van der Waals surface area contributed by atoms with Crippen molar-refractivity contribution in [1.29, 1.82) is 5.26 Å². The normalized spacial score (nSPS) is 14.4. The van der Waals surface area contributed by atoms with E-state index in [0.717, 1.165) is 20.4 Å². The van der Waals surface area contributed by atoms with Crippen LogP contribution in [0.25, 0.3) is 15.9 Å². The van der Waals surface area contributed by atoms with E-state index < -0.39 is 5.97 Å². The molecule has 9 heteroatoms. The number of hydrogen-bond acceptors (Lipinski definition) is 5. The molecule has 2 heterocycles. The Kier molecular flexibility index (Phi) is 8.36. The summed E-state index contributed by atoms with van der Waals surface area (Å²) in [6, 6.07) is 18.4. The molecule has 0 amide bonds. The number of aromatic nitrogens is 1. The Hall–Kier alpha value is -3.40. The van der Waals surface area contributed by atoms with Gasteiger partial charge in [0.2, 0.25) is 0 Å². The molecule has 0 aliphatic carbocycles. The number of carbonyl (C=O) groups is 2. The van der Waals surface area contributed by atoms with Crippen LogP contribution >= 0.6 is 0 Å². The maximum atomic E-state index is 11.2. The van der Waals surface area contributed by atoms with Crippen LogP contribution < -0.4 is 13.9 Å². The molecular formula is C26H22N3O4Se2+. The third-order valence-electron chi connectivity index (χ3n) is 5.26. The van der Waals surface area contributed by atoms with Gasteiger partial charge in [-0.05, 0) is 0 Å². The molecule has 0 bridgehead atoms. The summed E-state index contributed by atoms with van der Waals surface area (Å²) in [7, 11) is 0. The van der Waals surface area contributed by atoms with Gasteiger partial charge in [-0.2, -0.15) is 0 Å². The summed E-state index contributed by atoms with van der Waals surface area (Å²) in [5, 5.41) is 18.9. The van der Waals surface area contributed by atoms with E-state index in [2.05, 4.69) is 29.2 Å². The summed E-state index contributed by atoms with van der Waals surface area (Å²) in [4.78, 5) is 23.9. The van der Waals surface area contributed by atoms with E-state index in [9.17, 15) is 14.9 Å². The van der Waals surface area contributed by atoms with Gasteiger partial charge in [-0.3, -0.25) is 0 Å². The Morgan fingerprint density at radius 3 is 2.80 bits per heavy atom. The number of para-hydroxylation sites is 2. The molecule has 0 fully saturated rings. The average molecular weight is 598 g/mol. The van der Waals surface area contributed by atoms with E-state index in [1.165, 1.54) is 8.72 Å². The van der Waals surface area contributed by atoms with Gasteiger partial charge in [-0.1, -0.05) is 0 Å². The quantitative estimate of drug-likeness (QED) is 0.0959. The molecule has 1 N–H and O–H groups in total. The van der Waals surface area contributed by atoms with Crippen LogP contribution in [-0.2, 0) is 20.9 Å². The van der Waals surface area contributed by atoms with E-state index >= 15 is 0 Å². The first-order chi connectivity index (χ1) is 17.1. The van der Waals surface area contributed by atoms with Crippen LogP contribution in [0, 0.1) is 11.3 Å². The first-order valence-corrected chi connectivity index (χ1v) is 14.3. The van der Waals surface area contributed by atoms with Crippen LogP contribution in [0.15, 0.2) is 76.9 Å². The van der Waals surface area contributed by atoms with Crippen LogP contribution in [0.4, 0.5) is 5.69 Å². The van der Waals surface area contributed by atoms with Gasteiger partial charge in [0.05, 0.1) is 0 Å². The number of anilines is 1. The van der Waals surface area contributed by atoms with Crippen molar-refractivity contribution >= 4 is 67.9 Å². The zero-order valence-corrected chi connectivity index (χ0v) is 22.1. The van der Waals surface area contributed by atoms with E-state index in [1.807, 2.05) is 53.1 Å². The molecule has 0 spiro atoms. The number of aliphatic carboxylic acids is 1. The van der Waals surface area contributed by atoms with Gasteiger partial charge >= 0.3 is 216 Å². The summed E-state index contributed by atoms with van der Waals surface area (Å²) in [6.07, 6.45) is 7.54. The predicted octanol–water partition coefficient (Wildman–Crippen LogP) is 1.99. The molecule has 35 heavy (non-hydrogen) atoms. The van der Waals surface area contributed by atoms with Crippen LogP contribution in [0.1, 0.15) is 11.0 Å². The second kappa shape index (κ2) is 11.8. The number of carboxylic acid groups (broad SMARTS) is 1. The third kappa shape index (κ3) is 6.00. The molecule has 2 aromatic carbocycles. The number of carboxylic acids is 1. The van der Waals surface area contributed by atoms with Crippen molar-refractivity contribution in [3.8, 4) is 6.07 Å². The molecular weight excluding hydrogens is 576 g/mol.